The van der Waals surface area contributed by atoms with Crippen molar-refractivity contribution in [2.75, 3.05) is 13.2 Å². The van der Waals surface area contributed by atoms with Gasteiger partial charge in [0, 0.05) is 6.54 Å². The van der Waals surface area contributed by atoms with Gasteiger partial charge in [-0.05, 0) is 50.2 Å². The predicted molar refractivity (Wildman–Crippen MR) is 131 cm³/mol. The van der Waals surface area contributed by atoms with Crippen LogP contribution in [0, 0.1) is 0 Å². The van der Waals surface area contributed by atoms with Crippen LogP contribution in [0.25, 0.3) is 0 Å². The van der Waals surface area contributed by atoms with E-state index < -0.39 is 36.1 Å². The lowest BCUT2D eigenvalue weighted by Gasteiger charge is -2.24. The van der Waals surface area contributed by atoms with E-state index in [-0.39, 0.29) is 32.6 Å². The molecule has 37 heavy (non-hydrogen) atoms. The molecule has 0 heterocycles. The highest BCUT2D eigenvalue weighted by atomic mass is 19.4. The van der Waals surface area contributed by atoms with Gasteiger partial charge in [0.2, 0.25) is 0 Å². The van der Waals surface area contributed by atoms with Gasteiger partial charge in [-0.2, -0.15) is 13.2 Å². The summed E-state index contributed by atoms with van der Waals surface area (Å²) in [6.07, 6.45) is -3.31. The van der Waals surface area contributed by atoms with Crippen molar-refractivity contribution in [1.82, 2.24) is 10.6 Å². The van der Waals surface area contributed by atoms with Crippen molar-refractivity contribution in [2.24, 2.45) is 0 Å². The Labute approximate surface area is 214 Å². The molecule has 0 radical (unpaired) electrons. The zero-order chi connectivity index (χ0) is 27.1. The van der Waals surface area contributed by atoms with Crippen molar-refractivity contribution in [3.05, 3.63) is 71.8 Å². The van der Waals surface area contributed by atoms with Gasteiger partial charge in [-0.15, -0.1) is 0 Å². The SMILES string of the molecule is CCOC(=O)[C@H](CCc1ccccc1)N[C@@H](CCCCNC(=O)C(F)(F)F)C(=O)OCc1ccccc1. The van der Waals surface area contributed by atoms with E-state index in [4.69, 9.17) is 9.47 Å². The molecule has 0 aromatic heterocycles. The summed E-state index contributed by atoms with van der Waals surface area (Å²) in [7, 11) is 0. The maximum absolute atomic E-state index is 13.0. The molecule has 2 aromatic rings. The van der Waals surface area contributed by atoms with Gasteiger partial charge in [-0.1, -0.05) is 60.7 Å². The fourth-order valence-corrected chi connectivity index (χ4v) is 3.58. The predicted octanol–water partition coefficient (Wildman–Crippen LogP) is 4.10. The molecule has 2 N–H and O–H groups in total. The maximum atomic E-state index is 13.0. The van der Waals surface area contributed by atoms with E-state index in [9.17, 15) is 27.6 Å². The van der Waals surface area contributed by atoms with Crippen molar-refractivity contribution >= 4 is 17.8 Å². The van der Waals surface area contributed by atoms with E-state index in [1.165, 1.54) is 0 Å². The average molecular weight is 523 g/mol. The Bertz CT molecular complexity index is 971. The van der Waals surface area contributed by atoms with Crippen LogP contribution in [0.4, 0.5) is 13.2 Å². The topological polar surface area (TPSA) is 93.7 Å². The van der Waals surface area contributed by atoms with E-state index in [2.05, 4.69) is 5.32 Å². The fourth-order valence-electron chi connectivity index (χ4n) is 3.58. The minimum Gasteiger partial charge on any atom is -0.465 e. The first-order valence-electron chi connectivity index (χ1n) is 12.2. The average Bonchev–Trinajstić information content (AvgIpc) is 2.88. The summed E-state index contributed by atoms with van der Waals surface area (Å²) in [5, 5.41) is 4.86. The Balaban J connectivity index is 2.03. The Kier molecular flexibility index (Phi) is 12.6. The zero-order valence-corrected chi connectivity index (χ0v) is 20.8. The smallest absolute Gasteiger partial charge is 0.465 e. The number of amides is 1. The van der Waals surface area contributed by atoms with E-state index in [0.717, 1.165) is 11.1 Å². The normalized spacial score (nSPS) is 12.9. The van der Waals surface area contributed by atoms with Gasteiger partial charge in [0.05, 0.1) is 6.61 Å². The molecule has 0 spiro atoms. The van der Waals surface area contributed by atoms with Crippen molar-refractivity contribution < 1.29 is 37.0 Å². The molecule has 10 heteroatoms. The first kappa shape index (κ1) is 29.8. The summed E-state index contributed by atoms with van der Waals surface area (Å²) in [4.78, 5) is 36.6. The number of esters is 2. The molecule has 7 nitrogen and oxygen atoms in total. The number of unbranched alkanes of at least 4 members (excludes halogenated alkanes) is 1. The van der Waals surface area contributed by atoms with Gasteiger partial charge in [0.25, 0.3) is 0 Å². The number of carbonyl (C=O) groups is 3. The third-order valence-electron chi connectivity index (χ3n) is 5.51. The Hall–Kier alpha value is -3.40. The second-order valence-electron chi connectivity index (χ2n) is 8.39. The number of alkyl halides is 3. The molecule has 2 atom stereocenters. The van der Waals surface area contributed by atoms with Crippen LogP contribution in [-0.2, 0) is 36.9 Å². The van der Waals surface area contributed by atoms with Crippen LogP contribution in [0.3, 0.4) is 0 Å². The van der Waals surface area contributed by atoms with Crippen LogP contribution in [0.5, 0.6) is 0 Å². The highest BCUT2D eigenvalue weighted by Gasteiger charge is 2.38. The van der Waals surface area contributed by atoms with E-state index in [1.54, 1.807) is 19.1 Å². The molecule has 2 aromatic carbocycles. The Morgan fingerprint density at radius 1 is 0.811 bits per heavy atom. The number of rotatable bonds is 15. The first-order valence-corrected chi connectivity index (χ1v) is 12.2. The summed E-state index contributed by atoms with van der Waals surface area (Å²) < 4.78 is 47.8. The van der Waals surface area contributed by atoms with Gasteiger partial charge < -0.3 is 14.8 Å². The second-order valence-corrected chi connectivity index (χ2v) is 8.39. The van der Waals surface area contributed by atoms with Crippen LogP contribution in [-0.4, -0.2) is 49.3 Å². The summed E-state index contributed by atoms with van der Waals surface area (Å²) >= 11 is 0. The largest absolute Gasteiger partial charge is 0.471 e. The van der Waals surface area contributed by atoms with Gasteiger partial charge >= 0.3 is 24.0 Å². The standard InChI is InChI=1S/C27H33F3N2O5/c1-2-36-24(33)23(17-16-20-11-5-3-6-12-20)32-22(15-9-10-18-31-26(35)27(28,29)30)25(34)37-19-21-13-7-4-8-14-21/h3-8,11-14,22-23,32H,2,9-10,15-19H2,1H3,(H,31,35)/t22-,23-/m0/s1. The van der Waals surface area contributed by atoms with E-state index in [1.807, 2.05) is 53.8 Å². The molecule has 0 unspecified atom stereocenters. The van der Waals surface area contributed by atoms with Crippen LogP contribution < -0.4 is 10.6 Å². The minimum atomic E-state index is -4.95. The van der Waals surface area contributed by atoms with Crippen LogP contribution in [0.2, 0.25) is 0 Å². The molecule has 202 valence electrons. The molecular formula is C27H33F3N2O5. The molecule has 0 bridgehead atoms. The van der Waals surface area contributed by atoms with Crippen molar-refractivity contribution in [1.29, 1.82) is 0 Å². The van der Waals surface area contributed by atoms with Gasteiger partial charge in [-0.3, -0.25) is 19.7 Å². The molecule has 0 saturated heterocycles. The number of halogens is 3. The molecule has 0 aliphatic carbocycles. The summed E-state index contributed by atoms with van der Waals surface area (Å²) in [6, 6.07) is 16.9. The van der Waals surface area contributed by atoms with Crippen molar-refractivity contribution in [3.63, 3.8) is 0 Å². The Morgan fingerprint density at radius 3 is 1.97 bits per heavy atom. The van der Waals surface area contributed by atoms with Crippen molar-refractivity contribution in [3.8, 4) is 0 Å². The summed E-state index contributed by atoms with van der Waals surface area (Å²) in [5.41, 5.74) is 1.80. The van der Waals surface area contributed by atoms with Crippen LogP contribution in [0.15, 0.2) is 60.7 Å². The third kappa shape index (κ3) is 11.5. The number of carbonyl (C=O) groups excluding carboxylic acids is 3. The number of hydrogen-bond acceptors (Lipinski definition) is 6. The summed E-state index contributed by atoms with van der Waals surface area (Å²) in [5.74, 6) is -3.10. The third-order valence-corrected chi connectivity index (χ3v) is 5.51. The van der Waals surface area contributed by atoms with Crippen LogP contribution in [0.1, 0.15) is 43.7 Å². The highest BCUT2D eigenvalue weighted by Crippen LogP contribution is 2.15. The van der Waals surface area contributed by atoms with E-state index >= 15 is 0 Å². The quantitative estimate of drug-likeness (QED) is 0.270. The second kappa shape index (κ2) is 15.7. The molecule has 0 aliphatic heterocycles. The number of aryl methyl sites for hydroxylation is 1. The summed E-state index contributed by atoms with van der Waals surface area (Å²) in [6.45, 7) is 1.70. The molecule has 0 saturated carbocycles. The molecule has 0 aliphatic rings. The molecular weight excluding hydrogens is 489 g/mol. The first-order chi connectivity index (χ1) is 17.7. The molecule has 2 rings (SSSR count). The molecule has 1 amide bonds. The van der Waals surface area contributed by atoms with E-state index in [0.29, 0.717) is 19.3 Å². The van der Waals surface area contributed by atoms with Crippen molar-refractivity contribution in [2.45, 2.75) is 63.9 Å². The fraction of sp³-hybridized carbons (Fsp3) is 0.444. The van der Waals surface area contributed by atoms with Gasteiger partial charge in [0.1, 0.15) is 18.7 Å². The monoisotopic (exact) mass is 522 g/mol. The lowest BCUT2D eigenvalue weighted by atomic mass is 10.0. The number of hydrogen-bond donors (Lipinski definition) is 2. The lowest BCUT2D eigenvalue weighted by Crippen LogP contribution is -2.48. The van der Waals surface area contributed by atoms with Gasteiger partial charge in [-0.25, -0.2) is 0 Å². The number of nitrogens with one attached hydrogen (secondary N) is 2. The lowest BCUT2D eigenvalue weighted by molar-refractivity contribution is -0.173. The minimum absolute atomic E-state index is 0.0353. The maximum Gasteiger partial charge on any atom is 0.471 e. The Morgan fingerprint density at radius 2 is 1.38 bits per heavy atom. The van der Waals surface area contributed by atoms with Crippen LogP contribution >= 0.6 is 0 Å². The molecule has 0 fully saturated rings. The zero-order valence-electron chi connectivity index (χ0n) is 20.8. The number of ether oxygens (including phenoxy) is 2. The number of benzene rings is 2. The highest BCUT2D eigenvalue weighted by molar-refractivity contribution is 5.81. The van der Waals surface area contributed by atoms with Gasteiger partial charge in [0.15, 0.2) is 0 Å².